The van der Waals surface area contributed by atoms with Gasteiger partial charge in [-0.15, -0.1) is 6.58 Å². The average Bonchev–Trinajstić information content (AvgIpc) is 3.03. The van der Waals surface area contributed by atoms with E-state index in [9.17, 15) is 9.90 Å². The summed E-state index contributed by atoms with van der Waals surface area (Å²) < 4.78 is 11.1. The Kier molecular flexibility index (Phi) is 8.91. The topological polar surface area (TPSA) is 59.0 Å². The normalized spacial score (nSPS) is 18.8. The summed E-state index contributed by atoms with van der Waals surface area (Å²) in [6.07, 6.45) is 3.73. The summed E-state index contributed by atoms with van der Waals surface area (Å²) in [4.78, 5) is 14.6. The van der Waals surface area contributed by atoms with E-state index < -0.39 is 12.2 Å². The van der Waals surface area contributed by atoms with E-state index in [2.05, 4.69) is 13.5 Å². The van der Waals surface area contributed by atoms with Crippen LogP contribution in [0.4, 0.5) is 0 Å². The van der Waals surface area contributed by atoms with Crippen LogP contribution in [0, 0.1) is 0 Å². The van der Waals surface area contributed by atoms with Crippen molar-refractivity contribution >= 4 is 23.3 Å². The first kappa shape index (κ1) is 21.5. The molecule has 5 nitrogen and oxygen atoms in total. The summed E-state index contributed by atoms with van der Waals surface area (Å²) in [5, 5.41) is 10.7. The van der Waals surface area contributed by atoms with E-state index in [1.165, 1.54) is 4.90 Å². The highest BCUT2D eigenvalue weighted by atomic mass is 32.1. The first-order valence-corrected chi connectivity index (χ1v) is 9.93. The van der Waals surface area contributed by atoms with Gasteiger partial charge < -0.3 is 14.6 Å². The number of aliphatic hydroxyl groups excluding tert-OH is 1. The molecule has 1 heterocycles. The highest BCUT2D eigenvalue weighted by molar-refractivity contribution is 7.80. The molecule has 1 saturated heterocycles. The van der Waals surface area contributed by atoms with Crippen LogP contribution in [0.15, 0.2) is 43.0 Å². The van der Waals surface area contributed by atoms with Crippen LogP contribution in [-0.2, 0) is 20.7 Å². The minimum atomic E-state index is -0.974. The molecule has 0 bridgehead atoms. The zero-order chi connectivity index (χ0) is 19.6. The number of aliphatic hydroxyl groups is 1. The van der Waals surface area contributed by atoms with Crippen molar-refractivity contribution in [2.45, 2.75) is 57.3 Å². The molecule has 27 heavy (non-hydrogen) atoms. The fourth-order valence-electron chi connectivity index (χ4n) is 3.18. The molecule has 0 saturated carbocycles. The van der Waals surface area contributed by atoms with Gasteiger partial charge in [-0.2, -0.15) is 0 Å². The third kappa shape index (κ3) is 6.13. The number of benzene rings is 1. The van der Waals surface area contributed by atoms with Gasteiger partial charge in [0.25, 0.3) is 11.1 Å². The van der Waals surface area contributed by atoms with Crippen LogP contribution >= 0.6 is 12.2 Å². The molecule has 0 unspecified atom stereocenters. The number of nitrogens with zero attached hydrogens (tertiary/aromatic N) is 1. The number of rotatable bonds is 11. The summed E-state index contributed by atoms with van der Waals surface area (Å²) in [6.45, 7) is 6.26. The van der Waals surface area contributed by atoms with Crippen molar-refractivity contribution in [1.29, 1.82) is 0 Å². The molecule has 0 radical (unpaired) electrons. The highest BCUT2D eigenvalue weighted by Crippen LogP contribution is 2.21. The van der Waals surface area contributed by atoms with Crippen LogP contribution in [0.1, 0.15) is 38.2 Å². The third-order valence-electron chi connectivity index (χ3n) is 4.60. The summed E-state index contributed by atoms with van der Waals surface area (Å²) in [6, 6.07) is 9.69. The number of carbonyl (C=O) groups excluding carboxylic acids is 1. The molecular weight excluding hydrogens is 362 g/mol. The predicted molar refractivity (Wildman–Crippen MR) is 109 cm³/mol. The number of ether oxygens (including phenoxy) is 2. The molecule has 3 atom stereocenters. The van der Waals surface area contributed by atoms with Gasteiger partial charge in [0.05, 0.1) is 18.8 Å². The van der Waals surface area contributed by atoms with Gasteiger partial charge in [0.2, 0.25) is 0 Å². The summed E-state index contributed by atoms with van der Waals surface area (Å²) in [7, 11) is 0. The maximum absolute atomic E-state index is 13.2. The minimum Gasteiger partial charge on any atom is -0.468 e. The van der Waals surface area contributed by atoms with E-state index in [-0.39, 0.29) is 23.7 Å². The number of unbranched alkanes of at least 4 members (excludes halogenated alkanes) is 2. The lowest BCUT2D eigenvalue weighted by Crippen LogP contribution is -2.50. The molecule has 1 N–H and O–H groups in total. The Balaban J connectivity index is 2.11. The molecule has 1 aromatic carbocycles. The summed E-state index contributed by atoms with van der Waals surface area (Å²) in [5.41, 5.74) is 1.10. The van der Waals surface area contributed by atoms with E-state index in [0.29, 0.717) is 19.4 Å². The number of amides is 1. The monoisotopic (exact) mass is 391 g/mol. The Hall–Kier alpha value is -1.76. The maximum Gasteiger partial charge on any atom is 0.266 e. The second-order valence-electron chi connectivity index (χ2n) is 6.73. The number of carbonyl (C=O) groups is 1. The van der Waals surface area contributed by atoms with Crippen molar-refractivity contribution in [3.63, 3.8) is 0 Å². The number of hydrogen-bond donors (Lipinski definition) is 1. The second kappa shape index (κ2) is 11.2. The molecule has 1 aliphatic heterocycles. The zero-order valence-corrected chi connectivity index (χ0v) is 16.7. The molecule has 0 aliphatic carbocycles. The molecular formula is C21H29NO4S. The lowest BCUT2D eigenvalue weighted by molar-refractivity contribution is -0.147. The van der Waals surface area contributed by atoms with Gasteiger partial charge in [0.15, 0.2) is 6.10 Å². The van der Waals surface area contributed by atoms with Crippen LogP contribution in [0.3, 0.4) is 0 Å². The van der Waals surface area contributed by atoms with Gasteiger partial charge in [-0.1, -0.05) is 62.6 Å². The van der Waals surface area contributed by atoms with Crippen LogP contribution in [0.25, 0.3) is 0 Å². The maximum atomic E-state index is 13.2. The van der Waals surface area contributed by atoms with Gasteiger partial charge in [0, 0.05) is 0 Å². The van der Waals surface area contributed by atoms with Crippen molar-refractivity contribution in [3.05, 3.63) is 48.6 Å². The SMILES string of the molecule is C=CCO[C@H](C(=O)N1C(=S)OC[C@@H]1Cc1ccccc1)[C@@H](O)CCCCC. The lowest BCUT2D eigenvalue weighted by Gasteiger charge is -2.28. The largest absolute Gasteiger partial charge is 0.468 e. The van der Waals surface area contributed by atoms with Crippen LogP contribution < -0.4 is 0 Å². The van der Waals surface area contributed by atoms with Gasteiger partial charge in [-0.05, 0) is 30.6 Å². The average molecular weight is 392 g/mol. The smallest absolute Gasteiger partial charge is 0.266 e. The molecule has 148 valence electrons. The number of hydrogen-bond acceptors (Lipinski definition) is 5. The predicted octanol–water partition coefficient (Wildman–Crippen LogP) is 3.25. The van der Waals surface area contributed by atoms with E-state index in [1.807, 2.05) is 30.3 Å². The Morgan fingerprint density at radius 2 is 2.19 bits per heavy atom. The van der Waals surface area contributed by atoms with Crippen LogP contribution in [0.5, 0.6) is 0 Å². The molecule has 6 heteroatoms. The van der Waals surface area contributed by atoms with Crippen LogP contribution in [-0.4, -0.2) is 52.6 Å². The number of thiocarbonyl (C=S) groups is 1. The highest BCUT2D eigenvalue weighted by Gasteiger charge is 2.41. The fourth-order valence-corrected chi connectivity index (χ4v) is 3.48. The Morgan fingerprint density at radius 3 is 2.85 bits per heavy atom. The van der Waals surface area contributed by atoms with E-state index in [0.717, 1.165) is 24.8 Å². The van der Waals surface area contributed by atoms with Gasteiger partial charge in [0.1, 0.15) is 6.61 Å². The molecule has 0 spiro atoms. The van der Waals surface area contributed by atoms with Crippen molar-refractivity contribution in [1.82, 2.24) is 4.90 Å². The van der Waals surface area contributed by atoms with Gasteiger partial charge in [-0.25, -0.2) is 0 Å². The first-order valence-electron chi connectivity index (χ1n) is 9.52. The summed E-state index contributed by atoms with van der Waals surface area (Å²) >= 11 is 5.26. The second-order valence-corrected chi connectivity index (χ2v) is 7.08. The van der Waals surface area contributed by atoms with Crippen LogP contribution in [0.2, 0.25) is 0 Å². The quantitative estimate of drug-likeness (QED) is 0.356. The fraction of sp³-hybridized carbons (Fsp3) is 0.524. The van der Waals surface area contributed by atoms with Crippen molar-refractivity contribution in [2.75, 3.05) is 13.2 Å². The van der Waals surface area contributed by atoms with E-state index >= 15 is 0 Å². The Labute approximate surface area is 167 Å². The molecule has 1 fully saturated rings. The lowest BCUT2D eigenvalue weighted by atomic mass is 10.0. The van der Waals surface area contributed by atoms with E-state index in [1.54, 1.807) is 6.08 Å². The Morgan fingerprint density at radius 1 is 1.44 bits per heavy atom. The molecule has 0 aromatic heterocycles. The first-order chi connectivity index (χ1) is 13.1. The molecule has 1 amide bonds. The minimum absolute atomic E-state index is 0.147. The molecule has 1 aromatic rings. The summed E-state index contributed by atoms with van der Waals surface area (Å²) in [5.74, 6) is -0.343. The van der Waals surface area contributed by atoms with Gasteiger partial charge in [-0.3, -0.25) is 9.69 Å². The van der Waals surface area contributed by atoms with Crippen molar-refractivity contribution < 1.29 is 19.4 Å². The standard InChI is InChI=1S/C21H29NO4S/c1-3-5-7-12-18(23)19(25-13-4-2)20(24)22-17(15-26-21(22)27)14-16-10-8-6-9-11-16/h4,6,8-11,17-19,23H,2-3,5,7,12-15H2,1H3/t17-,18-,19-/m0/s1. The van der Waals surface area contributed by atoms with Crippen molar-refractivity contribution in [3.8, 4) is 0 Å². The van der Waals surface area contributed by atoms with Gasteiger partial charge >= 0.3 is 0 Å². The Bertz CT molecular complexity index is 622. The molecule has 2 rings (SSSR count). The van der Waals surface area contributed by atoms with E-state index in [4.69, 9.17) is 21.7 Å². The zero-order valence-electron chi connectivity index (χ0n) is 15.9. The molecule has 1 aliphatic rings. The van der Waals surface area contributed by atoms with Crippen molar-refractivity contribution in [2.24, 2.45) is 0 Å². The third-order valence-corrected chi connectivity index (χ3v) is 4.92.